The summed E-state index contributed by atoms with van der Waals surface area (Å²) >= 11 is 0. The lowest BCUT2D eigenvalue weighted by atomic mass is 9.94. The van der Waals surface area contributed by atoms with Crippen molar-refractivity contribution in [3.05, 3.63) is 24.5 Å². The van der Waals surface area contributed by atoms with Crippen molar-refractivity contribution in [1.82, 2.24) is 19.9 Å². The van der Waals surface area contributed by atoms with Gasteiger partial charge in [0.05, 0.1) is 18.1 Å². The van der Waals surface area contributed by atoms with Gasteiger partial charge in [-0.05, 0) is 51.7 Å². The molecule has 1 amide bonds. The number of piperazine rings is 1. The predicted octanol–water partition coefficient (Wildman–Crippen LogP) is 4.52. The van der Waals surface area contributed by atoms with Crippen molar-refractivity contribution in [2.75, 3.05) is 41.3 Å². The Morgan fingerprint density at radius 1 is 0.892 bits per heavy atom. The van der Waals surface area contributed by atoms with Crippen LogP contribution in [0, 0.1) is 0 Å². The smallest absolute Gasteiger partial charge is 0.272 e. The molecule has 6 rings (SSSR count). The first-order valence-electron chi connectivity index (χ1n) is 14.1. The van der Waals surface area contributed by atoms with Crippen molar-refractivity contribution in [1.29, 1.82) is 0 Å². The maximum atomic E-state index is 13.3. The normalized spacial score (nSPS) is 23.1. The molecule has 9 nitrogen and oxygen atoms in total. The Hall–Kier alpha value is -2.94. The summed E-state index contributed by atoms with van der Waals surface area (Å²) in [5.74, 6) is 2.17. The van der Waals surface area contributed by atoms with Gasteiger partial charge in [0, 0.05) is 38.3 Å². The summed E-state index contributed by atoms with van der Waals surface area (Å²) in [6, 6.07) is 5.04. The van der Waals surface area contributed by atoms with Crippen molar-refractivity contribution in [3.8, 4) is 5.75 Å². The van der Waals surface area contributed by atoms with Crippen LogP contribution in [0.5, 0.6) is 5.75 Å². The number of hydrogen-bond acceptors (Lipinski definition) is 8. The van der Waals surface area contributed by atoms with E-state index in [0.29, 0.717) is 23.3 Å². The van der Waals surface area contributed by atoms with E-state index in [1.54, 1.807) is 6.20 Å². The average molecular weight is 506 g/mol. The Kier molecular flexibility index (Phi) is 6.65. The lowest BCUT2D eigenvalue weighted by Crippen LogP contribution is -2.55. The van der Waals surface area contributed by atoms with E-state index in [1.165, 1.54) is 32.1 Å². The number of amides is 1. The van der Waals surface area contributed by atoms with Gasteiger partial charge in [-0.3, -0.25) is 14.6 Å². The Morgan fingerprint density at radius 3 is 2.30 bits per heavy atom. The molecule has 0 aromatic carbocycles. The highest BCUT2D eigenvalue weighted by atomic mass is 16.5. The summed E-state index contributed by atoms with van der Waals surface area (Å²) in [4.78, 5) is 34.1. The molecule has 3 fully saturated rings. The molecule has 0 atom stereocenters. The van der Waals surface area contributed by atoms with Crippen LogP contribution in [0.3, 0.4) is 0 Å². The molecule has 4 heterocycles. The van der Waals surface area contributed by atoms with Gasteiger partial charge in [0.1, 0.15) is 5.82 Å². The Balaban J connectivity index is 1.13. The number of rotatable bonds is 5. The molecule has 2 aliphatic heterocycles. The van der Waals surface area contributed by atoms with E-state index < -0.39 is 5.60 Å². The lowest BCUT2D eigenvalue weighted by molar-refractivity contribution is -0.133. The van der Waals surface area contributed by atoms with Crippen molar-refractivity contribution in [3.63, 3.8) is 0 Å². The van der Waals surface area contributed by atoms with Gasteiger partial charge in [-0.25, -0.2) is 9.97 Å². The van der Waals surface area contributed by atoms with Crippen molar-refractivity contribution < 1.29 is 9.53 Å². The maximum absolute atomic E-state index is 13.3. The van der Waals surface area contributed by atoms with Crippen LogP contribution in [0.2, 0.25) is 0 Å². The largest absolute Gasteiger partial charge is 0.472 e. The van der Waals surface area contributed by atoms with E-state index >= 15 is 0 Å². The number of anilines is 4. The van der Waals surface area contributed by atoms with Crippen molar-refractivity contribution in [2.24, 2.45) is 0 Å². The molecule has 2 aromatic rings. The molecule has 1 N–H and O–H groups in total. The van der Waals surface area contributed by atoms with Gasteiger partial charge in [0.25, 0.3) is 5.91 Å². The summed E-state index contributed by atoms with van der Waals surface area (Å²) in [5.41, 5.74) is 0.224. The van der Waals surface area contributed by atoms with Gasteiger partial charge >= 0.3 is 0 Å². The Bertz CT molecular complexity index is 1100. The fourth-order valence-electron chi connectivity index (χ4n) is 6.43. The highest BCUT2D eigenvalue weighted by molar-refractivity contribution is 6.02. The van der Waals surface area contributed by atoms with E-state index in [4.69, 9.17) is 9.72 Å². The molecule has 1 saturated heterocycles. The number of carbonyl (C=O) groups is 1. The standard InChI is InChI=1S/C28H39N7O2/c1-28(2)26(36)35(21-10-6-7-11-21)25-23(37-28)19-30-27(32-25)31-24-13-12-22(18-29-24)34-16-14-33(15-17-34)20-8-4-3-5-9-20/h12-13,18-21H,3-11,14-17H2,1-2H3,(H,29,30,31,32). The van der Waals surface area contributed by atoms with Gasteiger partial charge in [-0.2, -0.15) is 4.98 Å². The maximum Gasteiger partial charge on any atom is 0.272 e. The molecule has 0 unspecified atom stereocenters. The van der Waals surface area contributed by atoms with Crippen LogP contribution in [0.15, 0.2) is 24.5 Å². The van der Waals surface area contributed by atoms with E-state index in [-0.39, 0.29) is 11.9 Å². The molecule has 2 aromatic heterocycles. The number of nitrogens with one attached hydrogen (secondary N) is 1. The second kappa shape index (κ2) is 10.1. The second-order valence-electron chi connectivity index (χ2n) is 11.4. The van der Waals surface area contributed by atoms with Gasteiger partial charge in [-0.15, -0.1) is 0 Å². The van der Waals surface area contributed by atoms with Gasteiger partial charge < -0.3 is 15.0 Å². The van der Waals surface area contributed by atoms with Gasteiger partial charge in [0.15, 0.2) is 17.2 Å². The number of carbonyl (C=O) groups excluding carboxylic acids is 1. The van der Waals surface area contributed by atoms with Crippen LogP contribution in [0.4, 0.5) is 23.3 Å². The summed E-state index contributed by atoms with van der Waals surface area (Å²) in [6.45, 7) is 7.97. The number of hydrogen-bond donors (Lipinski definition) is 1. The number of fused-ring (bicyclic) bond motifs is 1. The molecule has 37 heavy (non-hydrogen) atoms. The van der Waals surface area contributed by atoms with E-state index in [2.05, 4.69) is 31.2 Å². The average Bonchev–Trinajstić information content (AvgIpc) is 3.45. The minimum Gasteiger partial charge on any atom is -0.472 e. The molecule has 2 saturated carbocycles. The number of aromatic nitrogens is 3. The Labute approximate surface area is 219 Å². The lowest BCUT2D eigenvalue weighted by Gasteiger charge is -2.41. The van der Waals surface area contributed by atoms with E-state index in [1.807, 2.05) is 31.0 Å². The first-order valence-corrected chi connectivity index (χ1v) is 14.1. The predicted molar refractivity (Wildman–Crippen MR) is 145 cm³/mol. The van der Waals surface area contributed by atoms with E-state index in [0.717, 1.165) is 63.6 Å². The molecular weight excluding hydrogens is 466 g/mol. The zero-order valence-corrected chi connectivity index (χ0v) is 22.2. The molecular formula is C28H39N7O2. The summed E-state index contributed by atoms with van der Waals surface area (Å²) in [5, 5.41) is 3.23. The zero-order chi connectivity index (χ0) is 25.4. The fraction of sp³-hybridized carbons (Fsp3) is 0.643. The zero-order valence-electron chi connectivity index (χ0n) is 22.2. The SMILES string of the molecule is CC1(C)Oc2cnc(Nc3ccc(N4CCN(C5CCCCC5)CC4)cn3)nc2N(C2CCCC2)C1=O. The highest BCUT2D eigenvalue weighted by Crippen LogP contribution is 2.40. The third-order valence-electron chi connectivity index (χ3n) is 8.51. The summed E-state index contributed by atoms with van der Waals surface area (Å²) in [6.07, 6.45) is 14.7. The first kappa shape index (κ1) is 24.4. The van der Waals surface area contributed by atoms with Crippen molar-refractivity contribution in [2.45, 2.75) is 89.3 Å². The van der Waals surface area contributed by atoms with Gasteiger partial charge in [-0.1, -0.05) is 32.1 Å². The number of nitrogens with zero attached hydrogens (tertiary/aromatic N) is 6. The summed E-state index contributed by atoms with van der Waals surface area (Å²) in [7, 11) is 0. The first-order chi connectivity index (χ1) is 18.0. The molecule has 198 valence electrons. The number of pyridine rings is 1. The van der Waals surface area contributed by atoms with Crippen molar-refractivity contribution >= 4 is 29.2 Å². The molecule has 0 bridgehead atoms. The molecule has 9 heteroatoms. The fourth-order valence-corrected chi connectivity index (χ4v) is 6.43. The quantitative estimate of drug-likeness (QED) is 0.635. The van der Waals surface area contributed by atoms with Crippen LogP contribution < -0.4 is 19.9 Å². The second-order valence-corrected chi connectivity index (χ2v) is 11.4. The van der Waals surface area contributed by atoms with Crippen LogP contribution >= 0.6 is 0 Å². The van der Waals surface area contributed by atoms with Crippen LogP contribution in [-0.4, -0.2) is 69.6 Å². The molecule has 2 aliphatic carbocycles. The molecule has 0 radical (unpaired) electrons. The van der Waals surface area contributed by atoms with Crippen LogP contribution in [-0.2, 0) is 4.79 Å². The van der Waals surface area contributed by atoms with Crippen LogP contribution in [0.25, 0.3) is 0 Å². The molecule has 0 spiro atoms. The number of ether oxygens (including phenoxy) is 1. The third kappa shape index (κ3) is 4.98. The Morgan fingerprint density at radius 2 is 1.59 bits per heavy atom. The topological polar surface area (TPSA) is 86.7 Å². The molecule has 4 aliphatic rings. The monoisotopic (exact) mass is 505 g/mol. The highest BCUT2D eigenvalue weighted by Gasteiger charge is 2.45. The van der Waals surface area contributed by atoms with E-state index in [9.17, 15) is 4.79 Å². The van der Waals surface area contributed by atoms with Crippen LogP contribution in [0.1, 0.15) is 71.6 Å². The minimum absolute atomic E-state index is 0.0392. The minimum atomic E-state index is -0.923. The van der Waals surface area contributed by atoms with Gasteiger partial charge in [0.2, 0.25) is 5.95 Å². The summed E-state index contributed by atoms with van der Waals surface area (Å²) < 4.78 is 5.99. The third-order valence-corrected chi connectivity index (χ3v) is 8.51.